The Morgan fingerprint density at radius 1 is 1.24 bits per heavy atom. The molecule has 0 spiro atoms. The molecular formula is C20H16FN3O4S. The van der Waals surface area contributed by atoms with E-state index in [0.29, 0.717) is 26.5 Å². The van der Waals surface area contributed by atoms with Crippen molar-refractivity contribution in [3.05, 3.63) is 70.7 Å². The van der Waals surface area contributed by atoms with Gasteiger partial charge in [0.1, 0.15) is 26.9 Å². The first-order valence-electron chi connectivity index (χ1n) is 8.65. The second kappa shape index (κ2) is 7.17. The van der Waals surface area contributed by atoms with Crippen LogP contribution in [-0.2, 0) is 10.3 Å². The molecule has 0 unspecified atom stereocenters. The summed E-state index contributed by atoms with van der Waals surface area (Å²) in [7, 11) is 0. The average molecular weight is 413 g/mol. The summed E-state index contributed by atoms with van der Waals surface area (Å²) in [5.41, 5.74) is -0.484. The second-order valence-corrected chi connectivity index (χ2v) is 7.80. The normalized spacial score (nSPS) is 11.6. The summed E-state index contributed by atoms with van der Waals surface area (Å²) in [6, 6.07) is 10.6. The van der Waals surface area contributed by atoms with Crippen molar-refractivity contribution in [2.75, 3.05) is 5.32 Å². The number of anilines is 1. The molecule has 3 aromatic heterocycles. The molecule has 4 rings (SSSR count). The number of carbonyl (C=O) groups excluding carboxylic acids is 2. The van der Waals surface area contributed by atoms with E-state index in [1.807, 2.05) is 0 Å². The van der Waals surface area contributed by atoms with Crippen molar-refractivity contribution in [3.63, 3.8) is 0 Å². The van der Waals surface area contributed by atoms with Crippen LogP contribution in [0.4, 0.5) is 10.2 Å². The number of H-pyrrole nitrogens is 1. The smallest absolute Gasteiger partial charge is 0.349 e. The lowest BCUT2D eigenvalue weighted by Gasteiger charge is -2.25. The zero-order chi connectivity index (χ0) is 20.6. The quantitative estimate of drug-likeness (QED) is 0.462. The summed E-state index contributed by atoms with van der Waals surface area (Å²) in [5.74, 6) is -0.910. The van der Waals surface area contributed by atoms with Gasteiger partial charge in [-0.15, -0.1) is 11.3 Å². The Bertz CT molecular complexity index is 1190. The van der Waals surface area contributed by atoms with Crippen LogP contribution in [0.1, 0.15) is 39.6 Å². The fraction of sp³-hybridized carbons (Fsp3) is 0.150. The van der Waals surface area contributed by atoms with Gasteiger partial charge in [0.2, 0.25) is 0 Å². The van der Waals surface area contributed by atoms with Gasteiger partial charge in [-0.2, -0.15) is 5.10 Å². The van der Waals surface area contributed by atoms with Crippen LogP contribution in [0.2, 0.25) is 0 Å². The summed E-state index contributed by atoms with van der Waals surface area (Å²) >= 11 is 1.12. The van der Waals surface area contributed by atoms with E-state index >= 15 is 0 Å². The molecule has 1 amide bonds. The number of hydrogen-bond acceptors (Lipinski definition) is 6. The first kappa shape index (κ1) is 18.9. The first-order valence-corrected chi connectivity index (χ1v) is 9.47. The summed E-state index contributed by atoms with van der Waals surface area (Å²) in [4.78, 5) is 25.7. The molecule has 0 bridgehead atoms. The first-order chi connectivity index (χ1) is 13.8. The van der Waals surface area contributed by atoms with Crippen molar-refractivity contribution in [3.8, 4) is 0 Å². The molecule has 0 aliphatic carbocycles. The predicted molar refractivity (Wildman–Crippen MR) is 105 cm³/mol. The van der Waals surface area contributed by atoms with Crippen molar-refractivity contribution >= 4 is 39.2 Å². The van der Waals surface area contributed by atoms with Gasteiger partial charge in [0, 0.05) is 0 Å². The Kier molecular flexibility index (Phi) is 4.67. The maximum Gasteiger partial charge on any atom is 0.349 e. The number of aromatic nitrogens is 2. The zero-order valence-electron chi connectivity index (χ0n) is 15.5. The van der Waals surface area contributed by atoms with Gasteiger partial charge in [-0.25, -0.2) is 9.18 Å². The number of thiophene rings is 1. The van der Waals surface area contributed by atoms with Gasteiger partial charge in [-0.1, -0.05) is 12.1 Å². The molecule has 0 aliphatic heterocycles. The zero-order valence-corrected chi connectivity index (χ0v) is 16.3. The number of aromatic amines is 1. The Balaban J connectivity index is 1.54. The number of amides is 1. The van der Waals surface area contributed by atoms with Crippen LogP contribution < -0.4 is 5.32 Å². The number of carbonyl (C=O) groups is 2. The molecular weight excluding hydrogens is 397 g/mol. The van der Waals surface area contributed by atoms with E-state index in [4.69, 9.17) is 9.15 Å². The Labute approximate surface area is 168 Å². The molecule has 4 aromatic rings. The minimum Gasteiger partial charge on any atom is -0.459 e. The molecule has 0 fully saturated rings. The molecule has 0 saturated carbocycles. The Morgan fingerprint density at radius 3 is 2.79 bits per heavy atom. The van der Waals surface area contributed by atoms with Crippen LogP contribution in [0.3, 0.4) is 0 Å². The summed E-state index contributed by atoms with van der Waals surface area (Å²) in [6.45, 7) is 3.38. The number of furan rings is 1. The van der Waals surface area contributed by atoms with Gasteiger partial charge < -0.3 is 14.5 Å². The highest BCUT2D eigenvalue weighted by Crippen LogP contribution is 2.32. The van der Waals surface area contributed by atoms with Gasteiger partial charge in [0.05, 0.1) is 11.6 Å². The largest absolute Gasteiger partial charge is 0.459 e. The van der Waals surface area contributed by atoms with Crippen LogP contribution in [0, 0.1) is 5.82 Å². The lowest BCUT2D eigenvalue weighted by Crippen LogP contribution is -2.25. The molecule has 9 heteroatoms. The van der Waals surface area contributed by atoms with Crippen LogP contribution in [0.15, 0.2) is 53.1 Å². The monoisotopic (exact) mass is 413 g/mol. The SMILES string of the molecule is CC(C)(OC(=O)c1cc2c(NC(=O)c3ccco3)[nH]nc2s1)c1cccc(F)c1. The highest BCUT2D eigenvalue weighted by atomic mass is 32.1. The van der Waals surface area contributed by atoms with Crippen LogP contribution in [-0.4, -0.2) is 22.1 Å². The summed E-state index contributed by atoms with van der Waals surface area (Å²) in [6.07, 6.45) is 1.40. The van der Waals surface area contributed by atoms with Gasteiger partial charge in [-0.05, 0) is 49.7 Å². The molecule has 0 radical (unpaired) electrons. The fourth-order valence-electron chi connectivity index (χ4n) is 2.79. The van der Waals surface area contributed by atoms with Gasteiger partial charge in [-0.3, -0.25) is 9.89 Å². The molecule has 2 N–H and O–H groups in total. The van der Waals surface area contributed by atoms with Crippen LogP contribution >= 0.6 is 11.3 Å². The van der Waals surface area contributed by atoms with Crippen molar-refractivity contribution in [2.24, 2.45) is 0 Å². The van der Waals surface area contributed by atoms with Crippen molar-refractivity contribution in [1.82, 2.24) is 10.2 Å². The predicted octanol–water partition coefficient (Wildman–Crippen LogP) is 4.70. The van der Waals surface area contributed by atoms with Gasteiger partial charge in [0.25, 0.3) is 5.91 Å². The Hall–Kier alpha value is -3.46. The highest BCUT2D eigenvalue weighted by Gasteiger charge is 2.28. The molecule has 0 saturated heterocycles. The lowest BCUT2D eigenvalue weighted by atomic mass is 9.98. The third-order valence-electron chi connectivity index (χ3n) is 4.30. The number of halogens is 1. The van der Waals surface area contributed by atoms with Crippen LogP contribution in [0.5, 0.6) is 0 Å². The van der Waals surface area contributed by atoms with E-state index in [1.54, 1.807) is 38.1 Å². The maximum absolute atomic E-state index is 13.5. The highest BCUT2D eigenvalue weighted by molar-refractivity contribution is 7.20. The molecule has 29 heavy (non-hydrogen) atoms. The molecule has 3 heterocycles. The number of fused-ring (bicyclic) bond motifs is 1. The second-order valence-electron chi connectivity index (χ2n) is 6.77. The minimum absolute atomic E-state index is 0.152. The number of esters is 1. The number of nitrogens with zero attached hydrogens (tertiary/aromatic N) is 1. The number of nitrogens with one attached hydrogen (secondary N) is 2. The maximum atomic E-state index is 13.5. The molecule has 0 aliphatic rings. The number of hydrogen-bond donors (Lipinski definition) is 2. The number of rotatable bonds is 5. The third kappa shape index (κ3) is 3.77. The van der Waals surface area contributed by atoms with E-state index in [9.17, 15) is 14.0 Å². The topological polar surface area (TPSA) is 97.2 Å². The number of benzene rings is 1. The number of ether oxygens (including phenoxy) is 1. The molecule has 7 nitrogen and oxygen atoms in total. The van der Waals surface area contributed by atoms with E-state index in [0.717, 1.165) is 11.3 Å². The van der Waals surface area contributed by atoms with E-state index < -0.39 is 23.3 Å². The van der Waals surface area contributed by atoms with E-state index in [1.165, 1.54) is 24.5 Å². The van der Waals surface area contributed by atoms with E-state index in [-0.39, 0.29) is 5.76 Å². The van der Waals surface area contributed by atoms with Gasteiger partial charge in [0.15, 0.2) is 5.76 Å². The lowest BCUT2D eigenvalue weighted by molar-refractivity contribution is -0.00269. The Morgan fingerprint density at radius 2 is 2.07 bits per heavy atom. The molecule has 0 atom stereocenters. The van der Waals surface area contributed by atoms with E-state index in [2.05, 4.69) is 15.5 Å². The minimum atomic E-state index is -1.02. The summed E-state index contributed by atoms with van der Waals surface area (Å²) < 4.78 is 24.2. The summed E-state index contributed by atoms with van der Waals surface area (Å²) in [5, 5.41) is 10.1. The molecule has 1 aromatic carbocycles. The van der Waals surface area contributed by atoms with Gasteiger partial charge >= 0.3 is 5.97 Å². The van der Waals surface area contributed by atoms with Crippen molar-refractivity contribution < 1.29 is 23.1 Å². The van der Waals surface area contributed by atoms with Crippen LogP contribution in [0.25, 0.3) is 10.2 Å². The fourth-order valence-corrected chi connectivity index (χ4v) is 3.67. The standard InChI is InChI=1S/C20H16FN3O4S/c1-20(2,11-5-3-6-12(21)9-11)28-19(26)15-10-13-16(23-24-18(13)29-15)22-17(25)14-7-4-8-27-14/h3-10H,1-2H3,(H2,22,23,24,25). The average Bonchev–Trinajstić information content (AvgIpc) is 3.40. The van der Waals surface area contributed by atoms with Crippen molar-refractivity contribution in [1.29, 1.82) is 0 Å². The third-order valence-corrected chi connectivity index (χ3v) is 5.31. The molecule has 148 valence electrons. The van der Waals surface area contributed by atoms with Crippen molar-refractivity contribution in [2.45, 2.75) is 19.4 Å².